The molecule has 0 bridgehead atoms. The predicted molar refractivity (Wildman–Crippen MR) is 85.1 cm³/mol. The Morgan fingerprint density at radius 3 is 2.08 bits per heavy atom. The van der Waals surface area contributed by atoms with Gasteiger partial charge in [0, 0.05) is 12.8 Å². The zero-order chi connectivity index (χ0) is 17.3. The average Bonchev–Trinajstić information content (AvgIpc) is 2.97. The van der Waals surface area contributed by atoms with Gasteiger partial charge in [-0.3, -0.25) is 9.59 Å². The van der Waals surface area contributed by atoms with Gasteiger partial charge in [0.1, 0.15) is 0 Å². The average molecular weight is 340 g/mol. The van der Waals surface area contributed by atoms with Gasteiger partial charge in [0.2, 0.25) is 0 Å². The Bertz CT molecular complexity index is 476. The molecule has 6 heteroatoms. The maximum Gasteiger partial charge on any atom is 0.306 e. The second-order valence-electron chi connectivity index (χ2n) is 7.70. The predicted octanol–water partition coefficient (Wildman–Crippen LogP) is 2.59. The number of methoxy groups -OCH3 is 1. The lowest BCUT2D eigenvalue weighted by molar-refractivity contribution is -0.215. The van der Waals surface area contributed by atoms with Crippen molar-refractivity contribution in [3.8, 4) is 0 Å². The standard InChI is InChI=1S/C18H28O6/c1-3-22-15(20)11-17(10-14(19)21-2)12-16(13-17)4-6-18(7-5-16)23-8-9-24-18/h3-13H2,1-2H3. The van der Waals surface area contributed by atoms with E-state index in [0.717, 1.165) is 38.5 Å². The Labute approximate surface area is 143 Å². The number of carbonyl (C=O) groups is 2. The molecule has 0 amide bonds. The van der Waals surface area contributed by atoms with Crippen LogP contribution in [0.1, 0.15) is 58.3 Å². The maximum absolute atomic E-state index is 12.0. The number of carbonyl (C=O) groups excluding carboxylic acids is 2. The van der Waals surface area contributed by atoms with E-state index in [-0.39, 0.29) is 28.6 Å². The number of rotatable bonds is 5. The summed E-state index contributed by atoms with van der Waals surface area (Å²) >= 11 is 0. The number of esters is 2. The molecule has 0 radical (unpaired) electrons. The van der Waals surface area contributed by atoms with Crippen molar-refractivity contribution in [3.63, 3.8) is 0 Å². The molecule has 0 aromatic rings. The van der Waals surface area contributed by atoms with E-state index in [9.17, 15) is 9.59 Å². The lowest BCUT2D eigenvalue weighted by atomic mass is 9.46. The van der Waals surface area contributed by atoms with Crippen molar-refractivity contribution >= 4 is 11.9 Å². The quantitative estimate of drug-likeness (QED) is 0.717. The van der Waals surface area contributed by atoms with Crippen LogP contribution < -0.4 is 0 Å². The molecule has 6 nitrogen and oxygen atoms in total. The molecular weight excluding hydrogens is 312 g/mol. The molecule has 2 saturated carbocycles. The fourth-order valence-corrected chi connectivity index (χ4v) is 5.05. The first-order chi connectivity index (χ1) is 11.4. The largest absolute Gasteiger partial charge is 0.469 e. The van der Waals surface area contributed by atoms with E-state index < -0.39 is 0 Å². The lowest BCUT2D eigenvalue weighted by Crippen LogP contribution is -2.53. The van der Waals surface area contributed by atoms with Crippen LogP contribution >= 0.6 is 0 Å². The molecule has 1 saturated heterocycles. The summed E-state index contributed by atoms with van der Waals surface area (Å²) in [4.78, 5) is 23.8. The van der Waals surface area contributed by atoms with Crippen molar-refractivity contribution in [3.05, 3.63) is 0 Å². The monoisotopic (exact) mass is 340 g/mol. The highest BCUT2D eigenvalue weighted by molar-refractivity contribution is 5.74. The first-order valence-corrected chi connectivity index (χ1v) is 8.95. The fraction of sp³-hybridized carbons (Fsp3) is 0.889. The minimum absolute atomic E-state index is 0.209. The molecule has 0 aromatic heterocycles. The van der Waals surface area contributed by atoms with E-state index in [1.807, 2.05) is 0 Å². The topological polar surface area (TPSA) is 71.1 Å². The molecule has 1 heterocycles. The molecule has 0 N–H and O–H groups in total. The third kappa shape index (κ3) is 3.45. The molecule has 136 valence electrons. The van der Waals surface area contributed by atoms with Crippen LogP contribution in [0, 0.1) is 10.8 Å². The Kier molecular flexibility index (Phi) is 4.89. The van der Waals surface area contributed by atoms with Crippen molar-refractivity contribution in [2.24, 2.45) is 10.8 Å². The Morgan fingerprint density at radius 1 is 0.958 bits per heavy atom. The van der Waals surface area contributed by atoms with Crippen LogP contribution in [0.2, 0.25) is 0 Å². The zero-order valence-corrected chi connectivity index (χ0v) is 14.7. The third-order valence-electron chi connectivity index (χ3n) is 5.96. The number of hydrogen-bond acceptors (Lipinski definition) is 6. The van der Waals surface area contributed by atoms with Crippen LogP contribution in [0.15, 0.2) is 0 Å². The zero-order valence-electron chi connectivity index (χ0n) is 14.7. The molecule has 2 aliphatic carbocycles. The summed E-state index contributed by atoms with van der Waals surface area (Å²) in [5.41, 5.74) is -0.0949. The molecule has 3 rings (SSSR count). The summed E-state index contributed by atoms with van der Waals surface area (Å²) in [6.07, 6.45) is 6.21. The van der Waals surface area contributed by atoms with Gasteiger partial charge in [-0.2, -0.15) is 0 Å². The van der Waals surface area contributed by atoms with Gasteiger partial charge in [-0.05, 0) is 43.4 Å². The summed E-state index contributed by atoms with van der Waals surface area (Å²) in [5, 5.41) is 0. The minimum Gasteiger partial charge on any atom is -0.469 e. The van der Waals surface area contributed by atoms with E-state index in [0.29, 0.717) is 32.7 Å². The van der Waals surface area contributed by atoms with Gasteiger partial charge >= 0.3 is 11.9 Å². The molecule has 24 heavy (non-hydrogen) atoms. The SMILES string of the molecule is CCOC(=O)CC1(CC(=O)OC)CC2(CCC3(CC2)OCCO3)C1. The van der Waals surface area contributed by atoms with Crippen LogP contribution in [0.5, 0.6) is 0 Å². The van der Waals surface area contributed by atoms with Gasteiger partial charge < -0.3 is 18.9 Å². The number of ether oxygens (including phenoxy) is 4. The fourth-order valence-electron chi connectivity index (χ4n) is 5.05. The van der Waals surface area contributed by atoms with Crippen molar-refractivity contribution in [2.45, 2.75) is 64.1 Å². The van der Waals surface area contributed by atoms with E-state index in [1.54, 1.807) is 6.92 Å². The molecule has 0 aromatic carbocycles. The lowest BCUT2D eigenvalue weighted by Gasteiger charge is -2.59. The van der Waals surface area contributed by atoms with Crippen LogP contribution in [-0.4, -0.2) is 44.7 Å². The van der Waals surface area contributed by atoms with E-state index >= 15 is 0 Å². The maximum atomic E-state index is 12.0. The Balaban J connectivity index is 1.61. The Morgan fingerprint density at radius 2 is 1.54 bits per heavy atom. The van der Waals surface area contributed by atoms with Crippen molar-refractivity contribution in [1.29, 1.82) is 0 Å². The number of hydrogen-bond donors (Lipinski definition) is 0. The molecule has 0 unspecified atom stereocenters. The van der Waals surface area contributed by atoms with E-state index in [4.69, 9.17) is 18.9 Å². The molecular formula is C18H28O6. The van der Waals surface area contributed by atoms with Crippen LogP contribution in [-0.2, 0) is 28.5 Å². The summed E-state index contributed by atoms with van der Waals surface area (Å²) in [6, 6.07) is 0. The van der Waals surface area contributed by atoms with Crippen molar-refractivity contribution < 1.29 is 28.5 Å². The van der Waals surface area contributed by atoms with Gasteiger partial charge in [-0.25, -0.2) is 0 Å². The highest BCUT2D eigenvalue weighted by Gasteiger charge is 2.59. The van der Waals surface area contributed by atoms with Crippen LogP contribution in [0.3, 0.4) is 0 Å². The van der Waals surface area contributed by atoms with Gasteiger partial charge in [-0.1, -0.05) is 0 Å². The first-order valence-electron chi connectivity index (χ1n) is 8.95. The molecule has 0 atom stereocenters. The molecule has 3 fully saturated rings. The molecule has 2 spiro atoms. The van der Waals surface area contributed by atoms with Gasteiger partial charge in [-0.15, -0.1) is 0 Å². The molecule has 1 aliphatic heterocycles. The van der Waals surface area contributed by atoms with E-state index in [2.05, 4.69) is 0 Å². The van der Waals surface area contributed by atoms with Crippen LogP contribution in [0.4, 0.5) is 0 Å². The van der Waals surface area contributed by atoms with E-state index in [1.165, 1.54) is 7.11 Å². The smallest absolute Gasteiger partial charge is 0.306 e. The summed E-state index contributed by atoms with van der Waals surface area (Å²) < 4.78 is 21.6. The second kappa shape index (κ2) is 6.64. The summed E-state index contributed by atoms with van der Waals surface area (Å²) in [6.45, 7) is 3.54. The molecule has 3 aliphatic rings. The van der Waals surface area contributed by atoms with Gasteiger partial charge in [0.25, 0.3) is 0 Å². The summed E-state index contributed by atoms with van der Waals surface area (Å²) in [7, 11) is 1.40. The third-order valence-corrected chi connectivity index (χ3v) is 5.96. The highest BCUT2D eigenvalue weighted by Crippen LogP contribution is 2.65. The Hall–Kier alpha value is -1.14. The minimum atomic E-state index is -0.368. The summed E-state index contributed by atoms with van der Waals surface area (Å²) in [5.74, 6) is -0.831. The van der Waals surface area contributed by atoms with Gasteiger partial charge in [0.05, 0.1) is 39.8 Å². The van der Waals surface area contributed by atoms with Crippen molar-refractivity contribution in [2.75, 3.05) is 26.9 Å². The normalized spacial score (nSPS) is 26.1. The highest BCUT2D eigenvalue weighted by atomic mass is 16.7. The van der Waals surface area contributed by atoms with Crippen molar-refractivity contribution in [1.82, 2.24) is 0 Å². The first kappa shape index (κ1) is 17.7. The van der Waals surface area contributed by atoms with Crippen LogP contribution in [0.25, 0.3) is 0 Å². The second-order valence-corrected chi connectivity index (χ2v) is 7.70. The van der Waals surface area contributed by atoms with Gasteiger partial charge in [0.15, 0.2) is 5.79 Å².